The summed E-state index contributed by atoms with van der Waals surface area (Å²) >= 11 is 0. The number of phenols is 1. The molecule has 3 rings (SSSR count). The van der Waals surface area contributed by atoms with Gasteiger partial charge in [-0.25, -0.2) is 0 Å². The Morgan fingerprint density at radius 2 is 2.17 bits per heavy atom. The number of nitrogens with one attached hydrogen (secondary N) is 1. The maximum Gasteiger partial charge on any atom is 0.120 e. The molecule has 3 heteroatoms. The van der Waals surface area contributed by atoms with Crippen molar-refractivity contribution >= 4 is 0 Å². The number of benzene rings is 1. The van der Waals surface area contributed by atoms with Crippen molar-refractivity contribution in [3.05, 3.63) is 29.8 Å². The quantitative estimate of drug-likeness (QED) is 0.861. The number of para-hydroxylation sites is 1. The first kappa shape index (κ1) is 12.0. The molecule has 0 aromatic heterocycles. The second-order valence-corrected chi connectivity index (χ2v) is 6.05. The summed E-state index contributed by atoms with van der Waals surface area (Å²) in [7, 11) is 0. The van der Waals surface area contributed by atoms with E-state index in [2.05, 4.69) is 19.2 Å². The highest BCUT2D eigenvalue weighted by Crippen LogP contribution is 2.52. The summed E-state index contributed by atoms with van der Waals surface area (Å²) in [5.74, 6) is 1.02. The van der Waals surface area contributed by atoms with Gasteiger partial charge in [0.2, 0.25) is 0 Å². The first-order valence-corrected chi connectivity index (χ1v) is 6.72. The summed E-state index contributed by atoms with van der Waals surface area (Å²) in [4.78, 5) is 0. The molecule has 1 aromatic rings. The van der Waals surface area contributed by atoms with Crippen LogP contribution in [-0.2, 0) is 11.3 Å². The largest absolute Gasteiger partial charge is 0.508 e. The van der Waals surface area contributed by atoms with Crippen molar-refractivity contribution in [2.24, 2.45) is 11.3 Å². The fourth-order valence-corrected chi connectivity index (χ4v) is 3.62. The van der Waals surface area contributed by atoms with E-state index < -0.39 is 0 Å². The van der Waals surface area contributed by atoms with Crippen LogP contribution >= 0.6 is 0 Å². The van der Waals surface area contributed by atoms with Gasteiger partial charge < -0.3 is 15.2 Å². The summed E-state index contributed by atoms with van der Waals surface area (Å²) in [6.07, 6.45) is 1.58. The van der Waals surface area contributed by atoms with E-state index in [0.29, 0.717) is 23.8 Å². The van der Waals surface area contributed by atoms with Gasteiger partial charge in [0.25, 0.3) is 0 Å². The molecule has 2 fully saturated rings. The molecule has 98 valence electrons. The SMILES string of the molecule is CC1(C)C(NCc2ccccc2O)C2CCOC21. The first-order chi connectivity index (χ1) is 8.60. The van der Waals surface area contributed by atoms with E-state index in [9.17, 15) is 5.11 Å². The zero-order valence-corrected chi connectivity index (χ0v) is 11.0. The predicted octanol–water partition coefficient (Wildman–Crippen LogP) is 2.30. The minimum atomic E-state index is 0.200. The van der Waals surface area contributed by atoms with E-state index in [1.54, 1.807) is 6.07 Å². The summed E-state index contributed by atoms with van der Waals surface area (Å²) in [5, 5.41) is 13.4. The van der Waals surface area contributed by atoms with Gasteiger partial charge in [0, 0.05) is 36.1 Å². The molecule has 18 heavy (non-hydrogen) atoms. The van der Waals surface area contributed by atoms with Crippen molar-refractivity contribution in [1.29, 1.82) is 0 Å². The summed E-state index contributed by atoms with van der Waals surface area (Å²) in [6, 6.07) is 8.02. The second-order valence-electron chi connectivity index (χ2n) is 6.05. The van der Waals surface area contributed by atoms with Crippen LogP contribution in [0.15, 0.2) is 24.3 Å². The van der Waals surface area contributed by atoms with Crippen molar-refractivity contribution in [3.8, 4) is 5.75 Å². The van der Waals surface area contributed by atoms with Crippen molar-refractivity contribution in [2.45, 2.75) is 39.0 Å². The van der Waals surface area contributed by atoms with Gasteiger partial charge in [-0.3, -0.25) is 0 Å². The average molecular weight is 247 g/mol. The molecule has 3 atom stereocenters. The molecule has 1 heterocycles. The highest BCUT2D eigenvalue weighted by atomic mass is 16.5. The highest BCUT2D eigenvalue weighted by molar-refractivity contribution is 5.31. The van der Waals surface area contributed by atoms with Crippen LogP contribution in [0.2, 0.25) is 0 Å². The van der Waals surface area contributed by atoms with Crippen LogP contribution in [0.4, 0.5) is 0 Å². The molecule has 0 spiro atoms. The number of fused-ring (bicyclic) bond motifs is 1. The van der Waals surface area contributed by atoms with Crippen LogP contribution in [0.5, 0.6) is 5.75 Å². The van der Waals surface area contributed by atoms with Crippen molar-refractivity contribution < 1.29 is 9.84 Å². The molecule has 2 N–H and O–H groups in total. The van der Waals surface area contributed by atoms with Crippen LogP contribution in [0.3, 0.4) is 0 Å². The van der Waals surface area contributed by atoms with Crippen LogP contribution in [-0.4, -0.2) is 23.9 Å². The minimum absolute atomic E-state index is 0.200. The third-order valence-corrected chi connectivity index (χ3v) is 4.60. The van der Waals surface area contributed by atoms with Gasteiger partial charge >= 0.3 is 0 Å². The lowest BCUT2D eigenvalue weighted by Crippen LogP contribution is -2.65. The van der Waals surface area contributed by atoms with Crippen molar-refractivity contribution in [2.75, 3.05) is 6.61 Å². The lowest BCUT2D eigenvalue weighted by atomic mass is 9.57. The third-order valence-electron chi connectivity index (χ3n) is 4.60. The normalized spacial score (nSPS) is 32.9. The van der Waals surface area contributed by atoms with Crippen LogP contribution < -0.4 is 5.32 Å². The van der Waals surface area contributed by atoms with E-state index in [-0.39, 0.29) is 5.41 Å². The zero-order chi connectivity index (χ0) is 12.8. The zero-order valence-electron chi connectivity index (χ0n) is 11.0. The molecule has 0 radical (unpaired) electrons. The topological polar surface area (TPSA) is 41.5 Å². The number of aromatic hydroxyl groups is 1. The standard InChI is InChI=1S/C15H21NO2/c1-15(2)13(11-7-8-18-14(11)15)16-9-10-5-3-4-6-12(10)17/h3-6,11,13-14,16-17H,7-9H2,1-2H3. The van der Waals surface area contributed by atoms with Gasteiger partial charge in [-0.2, -0.15) is 0 Å². The molecule has 1 aliphatic carbocycles. The van der Waals surface area contributed by atoms with Gasteiger partial charge in [-0.05, 0) is 12.5 Å². The Balaban J connectivity index is 1.66. The molecule has 3 nitrogen and oxygen atoms in total. The number of ether oxygens (including phenoxy) is 1. The Morgan fingerprint density at radius 1 is 1.39 bits per heavy atom. The maximum atomic E-state index is 9.77. The van der Waals surface area contributed by atoms with Crippen LogP contribution in [0.1, 0.15) is 25.8 Å². The van der Waals surface area contributed by atoms with E-state index in [4.69, 9.17) is 4.74 Å². The average Bonchev–Trinajstić information content (AvgIpc) is 2.78. The summed E-state index contributed by atoms with van der Waals surface area (Å²) < 4.78 is 5.78. The number of phenolic OH excluding ortho intramolecular Hbond substituents is 1. The monoisotopic (exact) mass is 247 g/mol. The van der Waals surface area contributed by atoms with E-state index in [1.807, 2.05) is 18.2 Å². The molecule has 1 saturated carbocycles. The molecule has 1 aliphatic heterocycles. The number of hydrogen-bond acceptors (Lipinski definition) is 3. The van der Waals surface area contributed by atoms with Gasteiger partial charge in [-0.1, -0.05) is 32.0 Å². The van der Waals surface area contributed by atoms with Crippen LogP contribution in [0, 0.1) is 11.3 Å². The van der Waals surface area contributed by atoms with Gasteiger partial charge in [-0.15, -0.1) is 0 Å². The van der Waals surface area contributed by atoms with Gasteiger partial charge in [0.15, 0.2) is 0 Å². The Kier molecular flexibility index (Phi) is 2.83. The lowest BCUT2D eigenvalue weighted by Gasteiger charge is -2.55. The molecule has 2 aliphatic rings. The van der Waals surface area contributed by atoms with E-state index >= 15 is 0 Å². The Morgan fingerprint density at radius 3 is 2.94 bits per heavy atom. The van der Waals surface area contributed by atoms with Crippen LogP contribution in [0.25, 0.3) is 0 Å². The molecule has 0 amide bonds. The van der Waals surface area contributed by atoms with E-state index in [1.165, 1.54) is 0 Å². The molecule has 3 unspecified atom stereocenters. The fourth-order valence-electron chi connectivity index (χ4n) is 3.62. The summed E-state index contributed by atoms with van der Waals surface area (Å²) in [5.41, 5.74) is 1.17. The number of rotatable bonds is 3. The van der Waals surface area contributed by atoms with Crippen molar-refractivity contribution in [1.82, 2.24) is 5.32 Å². The summed E-state index contributed by atoms with van der Waals surface area (Å²) in [6.45, 7) is 6.15. The molecular formula is C15H21NO2. The lowest BCUT2D eigenvalue weighted by molar-refractivity contribution is -0.113. The minimum Gasteiger partial charge on any atom is -0.508 e. The van der Waals surface area contributed by atoms with Crippen molar-refractivity contribution in [3.63, 3.8) is 0 Å². The molecule has 0 bridgehead atoms. The second kappa shape index (κ2) is 4.25. The molecule has 1 aromatic carbocycles. The predicted molar refractivity (Wildman–Crippen MR) is 70.4 cm³/mol. The van der Waals surface area contributed by atoms with Gasteiger partial charge in [0.1, 0.15) is 5.75 Å². The molecular weight excluding hydrogens is 226 g/mol. The Hall–Kier alpha value is -1.06. The molecule has 1 saturated heterocycles. The van der Waals surface area contributed by atoms with Gasteiger partial charge in [0.05, 0.1) is 6.10 Å². The highest BCUT2D eigenvalue weighted by Gasteiger charge is 2.58. The van der Waals surface area contributed by atoms with E-state index in [0.717, 1.165) is 25.1 Å². The fraction of sp³-hybridized carbons (Fsp3) is 0.600. The number of hydrogen-bond donors (Lipinski definition) is 2. The first-order valence-electron chi connectivity index (χ1n) is 6.72. The Bertz CT molecular complexity index is 444. The Labute approximate surface area is 108 Å². The smallest absolute Gasteiger partial charge is 0.120 e. The maximum absolute atomic E-state index is 9.77. The third kappa shape index (κ3) is 1.73.